The molecule has 0 fully saturated rings. The number of hydrogen-bond donors (Lipinski definition) is 1. The summed E-state index contributed by atoms with van der Waals surface area (Å²) in [5.41, 5.74) is 1.15. The Morgan fingerprint density at radius 1 is 1.78 bits per heavy atom. The molecule has 0 aromatic carbocycles. The highest BCUT2D eigenvalue weighted by atomic mass is 14.8. The van der Waals surface area contributed by atoms with Gasteiger partial charge in [0.1, 0.15) is 0 Å². The second-order valence-corrected chi connectivity index (χ2v) is 1.79. The largest absolute Gasteiger partial charge is 0.316 e. The molecule has 0 amide bonds. The van der Waals surface area contributed by atoms with E-state index in [-0.39, 0.29) is 0 Å². The van der Waals surface area contributed by atoms with E-state index in [4.69, 9.17) is 0 Å². The molecule has 9 heavy (non-hydrogen) atoms. The van der Waals surface area contributed by atoms with Crippen LogP contribution in [0.4, 0.5) is 0 Å². The first kappa shape index (κ1) is 6.23. The Hall–Kier alpha value is -0.890. The topological polar surface area (TPSA) is 24.9 Å². The Labute approximate surface area is 54.9 Å². The van der Waals surface area contributed by atoms with Gasteiger partial charge < -0.3 is 5.32 Å². The SMILES string of the molecule is CNCc1[c]cncc1. The number of nitrogens with zero attached hydrogens (tertiary/aromatic N) is 1. The molecule has 0 aliphatic heterocycles. The molecule has 2 nitrogen and oxygen atoms in total. The maximum Gasteiger partial charge on any atom is 0.0350 e. The van der Waals surface area contributed by atoms with E-state index in [0.29, 0.717) is 0 Å². The van der Waals surface area contributed by atoms with E-state index in [1.54, 1.807) is 12.4 Å². The molecular weight excluding hydrogens is 112 g/mol. The normalized spacial score (nSPS) is 9.44. The van der Waals surface area contributed by atoms with Crippen LogP contribution >= 0.6 is 0 Å². The fourth-order valence-electron chi connectivity index (χ4n) is 0.645. The molecule has 0 bridgehead atoms. The van der Waals surface area contributed by atoms with Crippen LogP contribution in [0, 0.1) is 6.07 Å². The van der Waals surface area contributed by atoms with Crippen molar-refractivity contribution in [3.05, 3.63) is 30.1 Å². The summed E-state index contributed by atoms with van der Waals surface area (Å²) in [6, 6.07) is 4.94. The summed E-state index contributed by atoms with van der Waals surface area (Å²) in [5.74, 6) is 0. The minimum absolute atomic E-state index is 0.864. The average molecular weight is 121 g/mol. The third kappa shape index (κ3) is 1.82. The van der Waals surface area contributed by atoms with Crippen molar-refractivity contribution in [2.45, 2.75) is 6.54 Å². The van der Waals surface area contributed by atoms with Gasteiger partial charge in [-0.05, 0) is 18.7 Å². The van der Waals surface area contributed by atoms with Crippen molar-refractivity contribution in [1.29, 1.82) is 0 Å². The fraction of sp³-hybridized carbons (Fsp3) is 0.286. The number of hydrogen-bond acceptors (Lipinski definition) is 2. The van der Waals surface area contributed by atoms with Gasteiger partial charge in [0.2, 0.25) is 0 Å². The van der Waals surface area contributed by atoms with Crippen LogP contribution in [0.15, 0.2) is 18.5 Å². The van der Waals surface area contributed by atoms with Crippen LogP contribution in [0.1, 0.15) is 5.56 Å². The molecule has 1 N–H and O–H groups in total. The molecule has 1 radical (unpaired) electrons. The molecule has 0 saturated heterocycles. The number of pyridine rings is 1. The Kier molecular flexibility index (Phi) is 2.22. The molecule has 0 unspecified atom stereocenters. The Balaban J connectivity index is 2.61. The summed E-state index contributed by atoms with van der Waals surface area (Å²) in [6.45, 7) is 0.864. The predicted octanol–water partition coefficient (Wildman–Crippen LogP) is 0.601. The summed E-state index contributed by atoms with van der Waals surface area (Å²) in [6.07, 6.45) is 3.44. The molecule has 1 heterocycles. The van der Waals surface area contributed by atoms with Gasteiger partial charge in [-0.2, -0.15) is 0 Å². The third-order valence-corrected chi connectivity index (χ3v) is 1.05. The summed E-state index contributed by atoms with van der Waals surface area (Å²) in [4.78, 5) is 3.84. The van der Waals surface area contributed by atoms with Gasteiger partial charge in [-0.15, -0.1) is 0 Å². The first-order valence-electron chi connectivity index (χ1n) is 2.88. The van der Waals surface area contributed by atoms with Gasteiger partial charge in [0.05, 0.1) is 0 Å². The van der Waals surface area contributed by atoms with Gasteiger partial charge in [0.25, 0.3) is 0 Å². The molecule has 0 aliphatic rings. The minimum Gasteiger partial charge on any atom is -0.316 e. The number of rotatable bonds is 2. The lowest BCUT2D eigenvalue weighted by atomic mass is 10.3. The van der Waals surface area contributed by atoms with Crippen LogP contribution < -0.4 is 5.32 Å². The molecule has 0 spiro atoms. The van der Waals surface area contributed by atoms with Crippen molar-refractivity contribution >= 4 is 0 Å². The van der Waals surface area contributed by atoms with Crippen LogP contribution in [0.5, 0.6) is 0 Å². The van der Waals surface area contributed by atoms with E-state index >= 15 is 0 Å². The molecule has 0 saturated carbocycles. The van der Waals surface area contributed by atoms with Crippen LogP contribution in [0.25, 0.3) is 0 Å². The third-order valence-electron chi connectivity index (χ3n) is 1.05. The molecule has 0 aliphatic carbocycles. The van der Waals surface area contributed by atoms with E-state index in [2.05, 4.69) is 16.4 Å². The maximum absolute atomic E-state index is 3.84. The molecule has 0 atom stereocenters. The van der Waals surface area contributed by atoms with E-state index in [9.17, 15) is 0 Å². The van der Waals surface area contributed by atoms with Crippen molar-refractivity contribution in [2.24, 2.45) is 0 Å². The second kappa shape index (κ2) is 3.20. The highest BCUT2D eigenvalue weighted by molar-refractivity contribution is 5.06. The fourth-order valence-corrected chi connectivity index (χ4v) is 0.645. The zero-order chi connectivity index (χ0) is 6.53. The quantitative estimate of drug-likeness (QED) is 0.619. The van der Waals surface area contributed by atoms with Crippen LogP contribution in [-0.4, -0.2) is 12.0 Å². The molecule has 1 rings (SSSR count). The van der Waals surface area contributed by atoms with Gasteiger partial charge in [0, 0.05) is 25.0 Å². The highest BCUT2D eigenvalue weighted by Gasteiger charge is 1.85. The van der Waals surface area contributed by atoms with Gasteiger partial charge in [-0.1, -0.05) is 0 Å². The van der Waals surface area contributed by atoms with Gasteiger partial charge in [-0.3, -0.25) is 4.98 Å². The molecule has 1 aromatic rings. The van der Waals surface area contributed by atoms with Gasteiger partial charge >= 0.3 is 0 Å². The maximum atomic E-state index is 3.84. The van der Waals surface area contributed by atoms with Crippen LogP contribution in [0.2, 0.25) is 0 Å². The minimum atomic E-state index is 0.864. The Morgan fingerprint density at radius 3 is 3.22 bits per heavy atom. The summed E-state index contributed by atoms with van der Waals surface area (Å²) >= 11 is 0. The smallest absolute Gasteiger partial charge is 0.0350 e. The summed E-state index contributed by atoms with van der Waals surface area (Å²) in [7, 11) is 1.91. The number of nitrogens with one attached hydrogen (secondary N) is 1. The van der Waals surface area contributed by atoms with Crippen molar-refractivity contribution in [1.82, 2.24) is 10.3 Å². The second-order valence-electron chi connectivity index (χ2n) is 1.79. The molecule has 1 aromatic heterocycles. The number of aromatic nitrogens is 1. The zero-order valence-corrected chi connectivity index (χ0v) is 5.39. The Morgan fingerprint density at radius 2 is 2.67 bits per heavy atom. The molecular formula is C7H9N2. The summed E-state index contributed by atoms with van der Waals surface area (Å²) < 4.78 is 0. The highest BCUT2D eigenvalue weighted by Crippen LogP contribution is 1.91. The van der Waals surface area contributed by atoms with Crippen molar-refractivity contribution in [3.63, 3.8) is 0 Å². The molecule has 47 valence electrons. The summed E-state index contributed by atoms with van der Waals surface area (Å²) in [5, 5.41) is 3.02. The monoisotopic (exact) mass is 121 g/mol. The van der Waals surface area contributed by atoms with Crippen molar-refractivity contribution < 1.29 is 0 Å². The van der Waals surface area contributed by atoms with E-state index in [0.717, 1.165) is 12.1 Å². The first-order valence-corrected chi connectivity index (χ1v) is 2.88. The van der Waals surface area contributed by atoms with Crippen molar-refractivity contribution in [3.8, 4) is 0 Å². The lowest BCUT2D eigenvalue weighted by Crippen LogP contribution is -2.04. The standard InChI is InChI=1S/C7H9N2/c1-8-6-7-2-4-9-5-3-7/h2,4-5,8H,6H2,1H3. The van der Waals surface area contributed by atoms with E-state index in [1.165, 1.54) is 0 Å². The van der Waals surface area contributed by atoms with Gasteiger partial charge in [-0.25, -0.2) is 0 Å². The van der Waals surface area contributed by atoms with Crippen molar-refractivity contribution in [2.75, 3.05) is 7.05 Å². The first-order chi connectivity index (χ1) is 4.43. The molecule has 2 heteroatoms. The predicted molar refractivity (Wildman–Crippen MR) is 35.8 cm³/mol. The van der Waals surface area contributed by atoms with E-state index < -0.39 is 0 Å². The average Bonchev–Trinajstić information content (AvgIpc) is 1.91. The zero-order valence-electron chi connectivity index (χ0n) is 5.39. The van der Waals surface area contributed by atoms with Crippen LogP contribution in [0.3, 0.4) is 0 Å². The van der Waals surface area contributed by atoms with Gasteiger partial charge in [0.15, 0.2) is 0 Å². The van der Waals surface area contributed by atoms with E-state index in [1.807, 2.05) is 13.1 Å². The lowest BCUT2D eigenvalue weighted by Gasteiger charge is -1.94. The van der Waals surface area contributed by atoms with Crippen LogP contribution in [-0.2, 0) is 6.54 Å². The lowest BCUT2D eigenvalue weighted by molar-refractivity contribution is 0.815. The Bertz CT molecular complexity index is 160.